The van der Waals surface area contributed by atoms with Gasteiger partial charge in [0.15, 0.2) is 6.29 Å². The zero-order valence-corrected chi connectivity index (χ0v) is 6.40. The predicted molar refractivity (Wildman–Crippen MR) is 41.7 cm³/mol. The summed E-state index contributed by atoms with van der Waals surface area (Å²) >= 11 is 0. The first kappa shape index (κ1) is 7.31. The van der Waals surface area contributed by atoms with Crippen molar-refractivity contribution in [1.82, 2.24) is 0 Å². The maximum Gasteiger partial charge on any atom is 0.257 e. The molecule has 0 aromatic heterocycles. The Hall–Kier alpha value is -1.35. The number of carbonyl (C=O) groups is 1. The highest BCUT2D eigenvalue weighted by atomic mass is 16.7. The lowest BCUT2D eigenvalue weighted by molar-refractivity contribution is -0.144. The number of hydrogen-bond donors (Lipinski definition) is 0. The molecule has 3 heteroatoms. The largest absolute Gasteiger partial charge is 0.457 e. The van der Waals surface area contributed by atoms with Crippen molar-refractivity contribution in [1.29, 1.82) is 0 Å². The van der Waals surface area contributed by atoms with E-state index in [1.807, 2.05) is 24.3 Å². The van der Waals surface area contributed by atoms with Crippen molar-refractivity contribution in [3.05, 3.63) is 29.8 Å². The molecular weight excluding hydrogens is 156 g/mol. The molecule has 1 aliphatic heterocycles. The quantitative estimate of drug-likeness (QED) is 0.583. The summed E-state index contributed by atoms with van der Waals surface area (Å²) in [6.45, 7) is 0.444. The minimum absolute atomic E-state index is 0.444. The lowest BCUT2D eigenvalue weighted by atomic mass is 10.2. The number of para-hydroxylation sites is 1. The first-order chi connectivity index (χ1) is 5.90. The second kappa shape index (κ2) is 2.95. The van der Waals surface area contributed by atoms with Gasteiger partial charge in [-0.1, -0.05) is 18.2 Å². The first-order valence-corrected chi connectivity index (χ1v) is 3.71. The second-order valence-electron chi connectivity index (χ2n) is 2.54. The molecule has 0 radical (unpaired) electrons. The minimum Gasteiger partial charge on any atom is -0.457 e. The van der Waals surface area contributed by atoms with E-state index in [-0.39, 0.29) is 0 Å². The summed E-state index contributed by atoms with van der Waals surface area (Å²) in [4.78, 5) is 10.3. The van der Waals surface area contributed by atoms with Crippen molar-refractivity contribution < 1.29 is 14.3 Å². The summed E-state index contributed by atoms with van der Waals surface area (Å²) in [5, 5.41) is 0. The van der Waals surface area contributed by atoms with Crippen LogP contribution in [-0.4, -0.2) is 12.6 Å². The molecule has 1 heterocycles. The fourth-order valence-electron chi connectivity index (χ4n) is 1.14. The van der Waals surface area contributed by atoms with Crippen LogP contribution in [0.3, 0.4) is 0 Å². The second-order valence-corrected chi connectivity index (χ2v) is 2.54. The third-order valence-electron chi connectivity index (χ3n) is 1.73. The Balaban J connectivity index is 2.28. The van der Waals surface area contributed by atoms with Gasteiger partial charge in [-0.2, -0.15) is 0 Å². The van der Waals surface area contributed by atoms with Gasteiger partial charge in [0.05, 0.1) is 6.61 Å². The van der Waals surface area contributed by atoms with Gasteiger partial charge in [0, 0.05) is 5.56 Å². The van der Waals surface area contributed by atoms with Crippen molar-refractivity contribution in [2.45, 2.75) is 12.9 Å². The molecule has 0 saturated carbocycles. The van der Waals surface area contributed by atoms with Gasteiger partial charge in [0.1, 0.15) is 5.75 Å². The zero-order chi connectivity index (χ0) is 8.39. The summed E-state index contributed by atoms with van der Waals surface area (Å²) in [5.74, 6) is 0.737. The first-order valence-electron chi connectivity index (χ1n) is 3.71. The Morgan fingerprint density at radius 1 is 1.42 bits per heavy atom. The van der Waals surface area contributed by atoms with E-state index >= 15 is 0 Å². The van der Waals surface area contributed by atoms with Crippen molar-refractivity contribution in [3.8, 4) is 5.75 Å². The third-order valence-corrected chi connectivity index (χ3v) is 1.73. The molecule has 0 amide bonds. The van der Waals surface area contributed by atoms with Gasteiger partial charge in [-0.3, -0.25) is 4.79 Å². The summed E-state index contributed by atoms with van der Waals surface area (Å²) in [6.07, 6.45) is -0.0875. The Bertz CT molecular complexity index is 296. The molecule has 0 aliphatic carbocycles. The molecule has 0 bridgehead atoms. The SMILES string of the molecule is O=CC1OCc2ccccc2O1. The highest BCUT2D eigenvalue weighted by Gasteiger charge is 2.17. The lowest BCUT2D eigenvalue weighted by Gasteiger charge is -2.21. The van der Waals surface area contributed by atoms with Gasteiger partial charge in [-0.05, 0) is 6.07 Å². The molecule has 0 saturated heterocycles. The monoisotopic (exact) mass is 164 g/mol. The van der Waals surface area contributed by atoms with Gasteiger partial charge in [0.25, 0.3) is 6.29 Å². The normalized spacial score (nSPS) is 20.8. The maximum atomic E-state index is 10.3. The van der Waals surface area contributed by atoms with Crippen molar-refractivity contribution in [3.63, 3.8) is 0 Å². The van der Waals surface area contributed by atoms with Crippen molar-refractivity contribution in [2.24, 2.45) is 0 Å². The van der Waals surface area contributed by atoms with E-state index in [0.29, 0.717) is 12.9 Å². The maximum absolute atomic E-state index is 10.3. The molecule has 2 rings (SSSR count). The number of aldehydes is 1. The van der Waals surface area contributed by atoms with E-state index in [1.54, 1.807) is 0 Å². The van der Waals surface area contributed by atoms with E-state index < -0.39 is 6.29 Å². The number of benzene rings is 1. The minimum atomic E-state index is -0.736. The fourth-order valence-corrected chi connectivity index (χ4v) is 1.14. The highest BCUT2D eigenvalue weighted by Crippen LogP contribution is 2.24. The summed E-state index contributed by atoms with van der Waals surface area (Å²) in [6, 6.07) is 7.52. The standard InChI is InChI=1S/C9H8O3/c10-5-9-11-6-7-3-1-2-4-8(7)12-9/h1-5,9H,6H2. The van der Waals surface area contributed by atoms with Crippen LogP contribution in [0, 0.1) is 0 Å². The zero-order valence-electron chi connectivity index (χ0n) is 6.40. The average Bonchev–Trinajstić information content (AvgIpc) is 2.17. The van der Waals surface area contributed by atoms with Gasteiger partial charge >= 0.3 is 0 Å². The van der Waals surface area contributed by atoms with Crippen LogP contribution in [-0.2, 0) is 16.1 Å². The smallest absolute Gasteiger partial charge is 0.257 e. The van der Waals surface area contributed by atoms with Crippen molar-refractivity contribution >= 4 is 6.29 Å². The van der Waals surface area contributed by atoms with Crippen LogP contribution in [0.25, 0.3) is 0 Å². The topological polar surface area (TPSA) is 35.5 Å². The van der Waals surface area contributed by atoms with Crippen LogP contribution in [0.4, 0.5) is 0 Å². The van der Waals surface area contributed by atoms with Gasteiger partial charge in [-0.25, -0.2) is 0 Å². The van der Waals surface area contributed by atoms with Gasteiger partial charge < -0.3 is 9.47 Å². The highest BCUT2D eigenvalue weighted by molar-refractivity contribution is 5.55. The van der Waals surface area contributed by atoms with E-state index in [4.69, 9.17) is 9.47 Å². The molecule has 0 N–H and O–H groups in total. The molecule has 1 unspecified atom stereocenters. The fraction of sp³-hybridized carbons (Fsp3) is 0.222. The number of hydrogen-bond acceptors (Lipinski definition) is 3. The predicted octanol–water partition coefficient (Wildman–Crippen LogP) is 1.12. The van der Waals surface area contributed by atoms with E-state index in [1.165, 1.54) is 0 Å². The summed E-state index contributed by atoms with van der Waals surface area (Å²) in [7, 11) is 0. The molecule has 1 aromatic rings. The third kappa shape index (κ3) is 1.19. The number of fused-ring (bicyclic) bond motifs is 1. The van der Waals surface area contributed by atoms with E-state index in [9.17, 15) is 4.79 Å². The molecule has 62 valence electrons. The molecular formula is C9H8O3. The number of ether oxygens (including phenoxy) is 2. The van der Waals surface area contributed by atoms with Crippen LogP contribution in [0.15, 0.2) is 24.3 Å². The summed E-state index contributed by atoms with van der Waals surface area (Å²) < 4.78 is 10.3. The Kier molecular flexibility index (Phi) is 1.80. The van der Waals surface area contributed by atoms with E-state index in [0.717, 1.165) is 11.3 Å². The molecule has 1 atom stereocenters. The number of rotatable bonds is 1. The van der Waals surface area contributed by atoms with Crippen LogP contribution in [0.5, 0.6) is 5.75 Å². The molecule has 1 aliphatic rings. The molecule has 12 heavy (non-hydrogen) atoms. The van der Waals surface area contributed by atoms with Crippen molar-refractivity contribution in [2.75, 3.05) is 0 Å². The molecule has 1 aromatic carbocycles. The van der Waals surface area contributed by atoms with Crippen LogP contribution < -0.4 is 4.74 Å². The van der Waals surface area contributed by atoms with Crippen LogP contribution in [0.2, 0.25) is 0 Å². The van der Waals surface area contributed by atoms with E-state index in [2.05, 4.69) is 0 Å². The summed E-state index contributed by atoms with van der Waals surface area (Å²) in [5.41, 5.74) is 0.982. The molecule has 0 fully saturated rings. The molecule has 0 spiro atoms. The van der Waals surface area contributed by atoms with Crippen LogP contribution in [0.1, 0.15) is 5.56 Å². The number of carbonyl (C=O) groups excluding carboxylic acids is 1. The van der Waals surface area contributed by atoms with Gasteiger partial charge in [0.2, 0.25) is 0 Å². The molecule has 3 nitrogen and oxygen atoms in total. The Labute approximate surface area is 69.9 Å². The average molecular weight is 164 g/mol. The van der Waals surface area contributed by atoms with Gasteiger partial charge in [-0.15, -0.1) is 0 Å². The Morgan fingerprint density at radius 2 is 2.25 bits per heavy atom. The lowest BCUT2D eigenvalue weighted by Crippen LogP contribution is -2.26. The Morgan fingerprint density at radius 3 is 3.08 bits per heavy atom. The van der Waals surface area contributed by atoms with Crippen LogP contribution >= 0.6 is 0 Å².